The van der Waals surface area contributed by atoms with Crippen molar-refractivity contribution in [2.24, 2.45) is 0 Å². The van der Waals surface area contributed by atoms with Gasteiger partial charge in [0, 0.05) is 10.5 Å². The maximum atomic E-state index is 5.76. The van der Waals surface area contributed by atoms with Gasteiger partial charge in [0.2, 0.25) is 0 Å². The number of aromatic nitrogens is 5. The van der Waals surface area contributed by atoms with E-state index in [0.717, 1.165) is 21.0 Å². The van der Waals surface area contributed by atoms with E-state index in [2.05, 4.69) is 25.0 Å². The van der Waals surface area contributed by atoms with Crippen LogP contribution in [-0.4, -0.2) is 24.9 Å². The Balaban J connectivity index is 1.77. The van der Waals surface area contributed by atoms with E-state index in [1.54, 1.807) is 22.6 Å². The van der Waals surface area contributed by atoms with E-state index >= 15 is 0 Å². The summed E-state index contributed by atoms with van der Waals surface area (Å²) >= 11 is 1.60. The highest BCUT2D eigenvalue weighted by Crippen LogP contribution is 2.30. The summed E-state index contributed by atoms with van der Waals surface area (Å²) in [6.45, 7) is 1.96. The highest BCUT2D eigenvalue weighted by atomic mass is 32.2. The maximum absolute atomic E-state index is 5.76. The number of anilines is 1. The Morgan fingerprint density at radius 3 is 2.70 bits per heavy atom. The second kappa shape index (κ2) is 5.40. The molecule has 0 spiro atoms. The molecule has 0 aliphatic rings. The summed E-state index contributed by atoms with van der Waals surface area (Å²) in [6.07, 6.45) is 1.68. The molecule has 0 fully saturated rings. The predicted octanol–water partition coefficient (Wildman–Crippen LogP) is 2.82. The van der Waals surface area contributed by atoms with Crippen LogP contribution >= 0.6 is 11.8 Å². The van der Waals surface area contributed by atoms with E-state index in [9.17, 15) is 0 Å². The topological polar surface area (TPSA) is 95.1 Å². The smallest absolute Gasteiger partial charge is 0.198 e. The normalized spacial score (nSPS) is 11.2. The van der Waals surface area contributed by atoms with Gasteiger partial charge in [0.05, 0.1) is 5.52 Å². The van der Waals surface area contributed by atoms with Crippen LogP contribution < -0.4 is 5.73 Å². The molecule has 0 bridgehead atoms. The van der Waals surface area contributed by atoms with Crippen molar-refractivity contribution in [3.8, 4) is 11.4 Å². The first-order valence-electron chi connectivity index (χ1n) is 6.88. The molecule has 2 N–H and O–H groups in total. The van der Waals surface area contributed by atoms with Gasteiger partial charge in [-0.25, -0.2) is 14.1 Å². The summed E-state index contributed by atoms with van der Waals surface area (Å²) in [5.74, 6) is 0.225. The highest BCUT2D eigenvalue weighted by molar-refractivity contribution is 7.99. The number of nitrogen functional groups attached to an aromatic ring is 1. The first-order chi connectivity index (χ1) is 11.2. The van der Waals surface area contributed by atoms with E-state index in [4.69, 9.17) is 5.73 Å². The largest absolute Gasteiger partial charge is 0.379 e. The van der Waals surface area contributed by atoms with Crippen LogP contribution in [0, 0.1) is 6.92 Å². The zero-order chi connectivity index (χ0) is 15.8. The lowest BCUT2D eigenvalue weighted by molar-refractivity contribution is 0.310. The first-order valence-corrected chi connectivity index (χ1v) is 7.70. The Labute approximate surface area is 135 Å². The average Bonchev–Trinajstić information content (AvgIpc) is 3.12. The number of hydrogen-bond donors (Lipinski definition) is 1. The van der Waals surface area contributed by atoms with E-state index in [0.29, 0.717) is 11.4 Å². The predicted molar refractivity (Wildman–Crippen MR) is 86.0 cm³/mol. The molecule has 4 rings (SSSR count). The Kier molecular flexibility index (Phi) is 3.23. The summed E-state index contributed by atoms with van der Waals surface area (Å²) < 4.78 is 6.36. The zero-order valence-corrected chi connectivity index (χ0v) is 13.0. The number of nitrogens with two attached hydrogens (primary N) is 1. The van der Waals surface area contributed by atoms with Crippen LogP contribution in [0.5, 0.6) is 0 Å². The third-order valence-corrected chi connectivity index (χ3v) is 4.39. The van der Waals surface area contributed by atoms with Crippen molar-refractivity contribution in [1.29, 1.82) is 0 Å². The minimum Gasteiger partial charge on any atom is -0.379 e. The van der Waals surface area contributed by atoms with Crippen LogP contribution in [0.4, 0.5) is 5.82 Å². The Morgan fingerprint density at radius 2 is 1.96 bits per heavy atom. The Hall–Kier alpha value is -2.87. The van der Waals surface area contributed by atoms with Crippen molar-refractivity contribution in [1.82, 2.24) is 24.9 Å². The second-order valence-electron chi connectivity index (χ2n) is 4.94. The van der Waals surface area contributed by atoms with Crippen LogP contribution in [0.1, 0.15) is 5.56 Å². The molecule has 3 heterocycles. The lowest BCUT2D eigenvalue weighted by Crippen LogP contribution is -1.92. The fourth-order valence-electron chi connectivity index (χ4n) is 2.31. The summed E-state index contributed by atoms with van der Waals surface area (Å²) in [6, 6.07) is 12.1. The molecule has 1 aromatic carbocycles. The highest BCUT2D eigenvalue weighted by Gasteiger charge is 2.18. The van der Waals surface area contributed by atoms with Crippen LogP contribution in [0.2, 0.25) is 0 Å². The van der Waals surface area contributed by atoms with Gasteiger partial charge < -0.3 is 5.73 Å². The fraction of sp³-hybridized carbons (Fsp3) is 0.0667. The van der Waals surface area contributed by atoms with Crippen LogP contribution in [-0.2, 0) is 0 Å². The van der Waals surface area contributed by atoms with E-state index in [-0.39, 0.29) is 5.82 Å². The molecule has 0 saturated heterocycles. The molecule has 0 aliphatic heterocycles. The molecule has 4 aromatic rings. The van der Waals surface area contributed by atoms with Gasteiger partial charge in [-0.15, -0.1) is 0 Å². The van der Waals surface area contributed by atoms with E-state index in [1.165, 1.54) is 0 Å². The van der Waals surface area contributed by atoms with Crippen molar-refractivity contribution in [2.75, 3.05) is 5.73 Å². The van der Waals surface area contributed by atoms with Gasteiger partial charge in [0.15, 0.2) is 11.5 Å². The molecule has 0 radical (unpaired) electrons. The molecular weight excluding hydrogens is 312 g/mol. The van der Waals surface area contributed by atoms with Crippen molar-refractivity contribution in [2.45, 2.75) is 16.8 Å². The quantitative estimate of drug-likeness (QED) is 0.579. The average molecular weight is 324 g/mol. The Morgan fingerprint density at radius 1 is 1.13 bits per heavy atom. The molecule has 0 unspecified atom stereocenters. The van der Waals surface area contributed by atoms with Crippen LogP contribution in [0.3, 0.4) is 0 Å². The van der Waals surface area contributed by atoms with Gasteiger partial charge in [-0.05, 0) is 35.4 Å². The van der Waals surface area contributed by atoms with Crippen LogP contribution in [0.15, 0.2) is 57.3 Å². The minimum absolute atomic E-state index is 0.225. The number of rotatable bonds is 3. The molecule has 0 amide bonds. The third kappa shape index (κ3) is 2.42. The van der Waals surface area contributed by atoms with Crippen molar-refractivity contribution in [3.05, 3.63) is 48.3 Å². The molecule has 3 aromatic heterocycles. The fourth-order valence-corrected chi connectivity index (χ4v) is 3.11. The molecule has 8 heteroatoms. The lowest BCUT2D eigenvalue weighted by atomic mass is 10.2. The van der Waals surface area contributed by atoms with Crippen molar-refractivity contribution >= 4 is 23.1 Å². The van der Waals surface area contributed by atoms with Gasteiger partial charge in [-0.2, -0.15) is 5.10 Å². The van der Waals surface area contributed by atoms with Crippen LogP contribution in [0.25, 0.3) is 16.9 Å². The maximum Gasteiger partial charge on any atom is 0.198 e. The van der Waals surface area contributed by atoms with Gasteiger partial charge in [0.25, 0.3) is 0 Å². The molecular formula is C15H12N6OS. The second-order valence-corrected chi connectivity index (χ2v) is 6.04. The molecule has 0 atom stereocenters. The zero-order valence-electron chi connectivity index (χ0n) is 12.2. The number of hydrogen-bond acceptors (Lipinski definition) is 7. The molecule has 114 valence electrons. The summed E-state index contributed by atoms with van der Waals surface area (Å²) in [5, 5.41) is 12.8. The molecule has 7 nitrogen and oxygen atoms in total. The van der Waals surface area contributed by atoms with Gasteiger partial charge in [-0.3, -0.25) is 0 Å². The number of nitrogens with zero attached hydrogens (tertiary/aromatic N) is 5. The number of benzene rings is 1. The standard InChI is InChI=1S/C15H12N6OS/c1-9-11-7-12(23-10-5-3-2-4-6-10)17-8-21(11)18-13(9)14-15(16)20-22-19-14/h2-8H,1H3,(H2,16,20). The number of fused-ring (bicyclic) bond motifs is 1. The van der Waals surface area contributed by atoms with Crippen molar-refractivity contribution < 1.29 is 4.63 Å². The lowest BCUT2D eigenvalue weighted by Gasteiger charge is -2.01. The Bertz CT molecular complexity index is 978. The van der Waals surface area contributed by atoms with Gasteiger partial charge in [-0.1, -0.05) is 30.0 Å². The molecule has 0 aliphatic carbocycles. The minimum atomic E-state index is 0.225. The summed E-state index contributed by atoms with van der Waals surface area (Å²) in [5.41, 5.74) is 8.74. The van der Waals surface area contributed by atoms with E-state index in [1.807, 2.05) is 43.3 Å². The summed E-state index contributed by atoms with van der Waals surface area (Å²) in [4.78, 5) is 5.56. The van der Waals surface area contributed by atoms with E-state index < -0.39 is 0 Å². The SMILES string of the molecule is Cc1c(-c2nonc2N)nn2cnc(Sc3ccccc3)cc12. The first kappa shape index (κ1) is 13.8. The van der Waals surface area contributed by atoms with Gasteiger partial charge in [0.1, 0.15) is 17.0 Å². The molecule has 23 heavy (non-hydrogen) atoms. The third-order valence-electron chi connectivity index (χ3n) is 3.45. The molecule has 0 saturated carbocycles. The number of aryl methyl sites for hydroxylation is 1. The summed E-state index contributed by atoms with van der Waals surface area (Å²) in [7, 11) is 0. The van der Waals surface area contributed by atoms with Gasteiger partial charge >= 0.3 is 0 Å². The van der Waals surface area contributed by atoms with Crippen molar-refractivity contribution in [3.63, 3.8) is 0 Å². The monoisotopic (exact) mass is 324 g/mol.